The van der Waals surface area contributed by atoms with Crippen molar-refractivity contribution in [3.8, 4) is 5.75 Å². The molecule has 0 radical (unpaired) electrons. The zero-order valence-corrected chi connectivity index (χ0v) is 20.6. The average Bonchev–Trinajstić information content (AvgIpc) is 2.71. The van der Waals surface area contributed by atoms with Crippen LogP contribution < -0.4 is 10.6 Å². The first-order chi connectivity index (χ1) is 13.8. The van der Waals surface area contributed by atoms with E-state index in [1.165, 1.54) is 35.8 Å². The quantitative estimate of drug-likeness (QED) is 0.342. The van der Waals surface area contributed by atoms with E-state index in [0.717, 1.165) is 16.6 Å². The minimum absolute atomic E-state index is 0.0858. The van der Waals surface area contributed by atoms with E-state index in [2.05, 4.69) is 73.4 Å². The second-order valence-corrected chi connectivity index (χ2v) is 9.22. The Balaban J connectivity index is 0.00000145. The van der Waals surface area contributed by atoms with E-state index in [-0.39, 0.29) is 5.41 Å². The predicted octanol–water partition coefficient (Wildman–Crippen LogP) is 6.52. The van der Waals surface area contributed by atoms with Crippen LogP contribution in [0.2, 0.25) is 0 Å². The van der Waals surface area contributed by atoms with Gasteiger partial charge in [-0.05, 0) is 29.3 Å². The fraction of sp³-hybridized carbons (Fsp3) is 0.250. The molecule has 3 rings (SSSR count). The van der Waals surface area contributed by atoms with Crippen LogP contribution in [-0.2, 0) is 31.3 Å². The Labute approximate surface area is 192 Å². The zero-order chi connectivity index (χ0) is 21.4. The number of phenols is 1. The van der Waals surface area contributed by atoms with Gasteiger partial charge in [0.1, 0.15) is 5.75 Å². The van der Waals surface area contributed by atoms with Crippen molar-refractivity contribution >= 4 is 34.2 Å². The zero-order valence-electron chi connectivity index (χ0n) is 17.3. The van der Waals surface area contributed by atoms with Crippen molar-refractivity contribution in [3.05, 3.63) is 88.7 Å². The molecule has 5 heteroatoms. The topological polar surface area (TPSA) is 34.3 Å². The molecule has 0 aromatic heterocycles. The molecule has 0 aliphatic rings. The number of rotatable bonds is 5. The van der Waals surface area contributed by atoms with E-state index in [9.17, 15) is 5.11 Å². The molecule has 2 nitrogen and oxygen atoms in total. The van der Waals surface area contributed by atoms with Gasteiger partial charge in [0.05, 0.1) is 0 Å². The molecule has 0 heterocycles. The molecule has 1 atom stereocenters. The summed E-state index contributed by atoms with van der Waals surface area (Å²) in [7, 11) is 5.04. The monoisotopic (exact) mass is 459 g/mol. The summed E-state index contributed by atoms with van der Waals surface area (Å²) in [5.74, 6) is 0.432. The molecule has 0 spiro atoms. The van der Waals surface area contributed by atoms with Crippen molar-refractivity contribution in [2.24, 2.45) is 0 Å². The van der Waals surface area contributed by atoms with Gasteiger partial charge in [-0.3, -0.25) is 0 Å². The summed E-state index contributed by atoms with van der Waals surface area (Å²) in [6.07, 6.45) is 0. The molecule has 0 aliphatic heterocycles. The second kappa shape index (κ2) is 11.2. The van der Waals surface area contributed by atoms with Crippen LogP contribution in [-0.4, -0.2) is 5.11 Å². The minimum atomic E-state index is -0.0858. The number of aromatic hydroxyl groups is 1. The standard InChI is InChI=1S/C24H27NOP.ClH.Ti/c1-17-14-20(24(2,3)4)23(26)22(15-17)27-21-13-9-8-10-18(21)16-25-19-11-6-5-7-12-19;;/h5-15,26-27H,16H2,1-4H3;1H;/q-1;;+2/p-1. The SMILES string of the molecule is Cc1cc(Pc2ccccc2C[N-]c2ccccc2)c(O)c(C(C)(C)C)c1.[Cl][Ti+]. The van der Waals surface area contributed by atoms with Gasteiger partial charge in [-0.25, -0.2) is 0 Å². The van der Waals surface area contributed by atoms with Crippen molar-refractivity contribution in [2.75, 3.05) is 0 Å². The average molecular weight is 460 g/mol. The molecular weight excluding hydrogens is 433 g/mol. The van der Waals surface area contributed by atoms with E-state index in [4.69, 9.17) is 5.32 Å². The van der Waals surface area contributed by atoms with Gasteiger partial charge >= 0.3 is 28.7 Å². The van der Waals surface area contributed by atoms with Crippen molar-refractivity contribution in [2.45, 2.75) is 39.7 Å². The van der Waals surface area contributed by atoms with Crippen molar-refractivity contribution < 1.29 is 24.5 Å². The molecule has 0 fully saturated rings. The van der Waals surface area contributed by atoms with Gasteiger partial charge in [-0.2, -0.15) is 0 Å². The predicted molar refractivity (Wildman–Crippen MR) is 125 cm³/mol. The molecule has 3 aromatic rings. The van der Waals surface area contributed by atoms with Gasteiger partial charge in [-0.15, -0.1) is 12.2 Å². The van der Waals surface area contributed by atoms with Crippen LogP contribution in [0.5, 0.6) is 5.75 Å². The third-order valence-electron chi connectivity index (χ3n) is 4.54. The summed E-state index contributed by atoms with van der Waals surface area (Å²) in [6.45, 7) is 9.16. The molecule has 150 valence electrons. The third-order valence-corrected chi connectivity index (χ3v) is 5.94. The Morgan fingerprint density at radius 3 is 2.21 bits per heavy atom. The first-order valence-corrected chi connectivity index (χ1v) is 12.6. The van der Waals surface area contributed by atoms with Gasteiger partial charge < -0.3 is 10.4 Å². The van der Waals surface area contributed by atoms with Crippen LogP contribution in [0, 0.1) is 6.92 Å². The van der Waals surface area contributed by atoms with Crippen molar-refractivity contribution in [1.29, 1.82) is 0 Å². The summed E-state index contributed by atoms with van der Waals surface area (Å²) in [4.78, 5) is 0. The van der Waals surface area contributed by atoms with Gasteiger partial charge in [-0.1, -0.05) is 95.6 Å². The number of hydrogen-bond donors (Lipinski definition) is 1. The number of hydrogen-bond acceptors (Lipinski definition) is 1. The first kappa shape index (κ1) is 24.0. The number of phenolic OH excluding ortho intramolecular Hbond substituents is 1. The summed E-state index contributed by atoms with van der Waals surface area (Å²) in [5, 5.41) is 17.9. The van der Waals surface area contributed by atoms with E-state index in [1.54, 1.807) is 0 Å². The number of nitrogens with zero attached hydrogens (tertiary/aromatic N) is 1. The number of halogens is 1. The Morgan fingerprint density at radius 2 is 1.55 bits per heavy atom. The Hall–Kier alpha value is -1.31. The molecule has 0 bridgehead atoms. The Kier molecular flexibility index (Phi) is 9.24. The Bertz CT molecular complexity index is 926. The van der Waals surface area contributed by atoms with Crippen LogP contribution >= 0.6 is 17.9 Å². The fourth-order valence-corrected chi connectivity index (χ4v) is 4.43. The normalized spacial score (nSPS) is 11.2. The molecular formula is C24H27ClNOPTi. The molecule has 0 saturated carbocycles. The Morgan fingerprint density at radius 1 is 0.931 bits per heavy atom. The molecule has 29 heavy (non-hydrogen) atoms. The van der Waals surface area contributed by atoms with Crippen LogP contribution in [0.1, 0.15) is 37.5 Å². The number of para-hydroxylation sites is 1. The van der Waals surface area contributed by atoms with E-state index >= 15 is 0 Å². The third kappa shape index (κ3) is 6.87. The summed E-state index contributed by atoms with van der Waals surface area (Å²) < 4.78 is 0. The molecule has 0 amide bonds. The van der Waals surface area contributed by atoms with Crippen molar-refractivity contribution in [1.82, 2.24) is 0 Å². The van der Waals surface area contributed by atoms with Crippen LogP contribution in [0.25, 0.3) is 5.32 Å². The van der Waals surface area contributed by atoms with Crippen LogP contribution in [0.3, 0.4) is 0 Å². The molecule has 0 saturated heterocycles. The van der Waals surface area contributed by atoms with Gasteiger partial charge in [0.25, 0.3) is 0 Å². The summed E-state index contributed by atoms with van der Waals surface area (Å²) in [5.41, 5.74) is 4.31. The molecule has 1 unspecified atom stereocenters. The van der Waals surface area contributed by atoms with Crippen LogP contribution in [0.4, 0.5) is 5.69 Å². The van der Waals surface area contributed by atoms with Crippen LogP contribution in [0.15, 0.2) is 66.7 Å². The van der Waals surface area contributed by atoms with Gasteiger partial charge in [0, 0.05) is 10.9 Å². The van der Waals surface area contributed by atoms with E-state index in [1.807, 2.05) is 30.3 Å². The maximum absolute atomic E-state index is 10.9. The number of aryl methyl sites for hydroxylation is 1. The summed E-state index contributed by atoms with van der Waals surface area (Å²) >= 11 is 1.47. The second-order valence-electron chi connectivity index (χ2n) is 7.89. The number of benzene rings is 3. The first-order valence-electron chi connectivity index (χ1n) is 9.45. The van der Waals surface area contributed by atoms with Gasteiger partial charge in [0.2, 0.25) is 0 Å². The summed E-state index contributed by atoms with van der Waals surface area (Å²) in [6, 6.07) is 22.7. The van der Waals surface area contributed by atoms with E-state index < -0.39 is 0 Å². The van der Waals surface area contributed by atoms with E-state index in [0.29, 0.717) is 20.9 Å². The van der Waals surface area contributed by atoms with Gasteiger partial charge in [0.15, 0.2) is 0 Å². The molecule has 3 aromatic carbocycles. The fourth-order valence-electron chi connectivity index (χ4n) is 3.08. The maximum atomic E-state index is 10.9. The van der Waals surface area contributed by atoms with Crippen molar-refractivity contribution in [3.63, 3.8) is 0 Å². The molecule has 0 aliphatic carbocycles. The molecule has 1 N–H and O–H groups in total.